The first-order valence-corrected chi connectivity index (χ1v) is 7.24. The molecule has 0 bridgehead atoms. The molecule has 4 nitrogen and oxygen atoms in total. The van der Waals surface area contributed by atoms with Crippen LogP contribution in [0.4, 0.5) is 0 Å². The van der Waals surface area contributed by atoms with Crippen LogP contribution < -0.4 is 0 Å². The summed E-state index contributed by atoms with van der Waals surface area (Å²) in [6.07, 6.45) is 4.07. The van der Waals surface area contributed by atoms with Crippen molar-refractivity contribution in [1.29, 1.82) is 0 Å². The molecule has 0 aliphatic heterocycles. The van der Waals surface area contributed by atoms with Gasteiger partial charge in [-0.05, 0) is 36.6 Å². The largest absolute Gasteiger partial charge is 0.235 e. The molecular weight excluding hydrogens is 262 g/mol. The molecule has 2 rings (SSSR count). The van der Waals surface area contributed by atoms with Crippen LogP contribution in [-0.2, 0) is 20.2 Å². The Labute approximate surface area is 104 Å². The molecule has 0 saturated heterocycles. The Morgan fingerprint density at radius 1 is 1.35 bits per heavy atom. The Morgan fingerprint density at radius 2 is 2.00 bits per heavy atom. The third kappa shape index (κ3) is 2.41. The van der Waals surface area contributed by atoms with Gasteiger partial charge in [-0.2, -0.15) is 4.99 Å². The average molecular weight is 272 g/mol. The highest BCUT2D eigenvalue weighted by Crippen LogP contribution is 2.50. The summed E-state index contributed by atoms with van der Waals surface area (Å²) >= 11 is 5.89. The van der Waals surface area contributed by atoms with Crippen LogP contribution >= 0.6 is 11.6 Å². The Bertz CT molecular complexity index is 614. The van der Waals surface area contributed by atoms with E-state index < -0.39 is 15.4 Å². The molecule has 17 heavy (non-hydrogen) atoms. The van der Waals surface area contributed by atoms with E-state index in [-0.39, 0.29) is 4.90 Å². The van der Waals surface area contributed by atoms with Gasteiger partial charge < -0.3 is 0 Å². The van der Waals surface area contributed by atoms with Crippen molar-refractivity contribution in [2.45, 2.75) is 23.3 Å². The van der Waals surface area contributed by atoms with Gasteiger partial charge in [0.2, 0.25) is 6.08 Å². The minimum absolute atomic E-state index is 0.146. The summed E-state index contributed by atoms with van der Waals surface area (Å²) in [7, 11) is -3.32. The number of nitrogens with zero attached hydrogens (tertiary/aromatic N) is 1. The van der Waals surface area contributed by atoms with Crippen LogP contribution in [0.25, 0.3) is 0 Å². The first-order valence-electron chi connectivity index (χ1n) is 4.98. The molecule has 6 heteroatoms. The summed E-state index contributed by atoms with van der Waals surface area (Å²) in [5.74, 6) is 0. The molecule has 0 atom stereocenters. The fourth-order valence-electron chi connectivity index (χ4n) is 1.72. The fourth-order valence-corrected chi connectivity index (χ4v) is 2.70. The van der Waals surface area contributed by atoms with Crippen LogP contribution in [0.15, 0.2) is 28.1 Å². The minimum Gasteiger partial charge on any atom is -0.224 e. The molecule has 1 saturated carbocycles. The van der Waals surface area contributed by atoms with Gasteiger partial charge in [-0.25, -0.2) is 13.2 Å². The molecule has 0 aromatic heterocycles. The first kappa shape index (κ1) is 12.3. The number of isocyanates is 1. The summed E-state index contributed by atoms with van der Waals surface area (Å²) in [6.45, 7) is 0. The van der Waals surface area contributed by atoms with E-state index >= 15 is 0 Å². The number of sulfone groups is 1. The lowest BCUT2D eigenvalue weighted by atomic mass is 10.1. The molecule has 90 valence electrons. The second-order valence-corrected chi connectivity index (χ2v) is 6.63. The molecule has 0 radical (unpaired) electrons. The summed E-state index contributed by atoms with van der Waals surface area (Å²) < 4.78 is 23.0. The fraction of sp³-hybridized carbons (Fsp3) is 0.364. The van der Waals surface area contributed by atoms with Crippen LogP contribution in [-0.4, -0.2) is 20.8 Å². The average Bonchev–Trinajstić information content (AvgIpc) is 2.97. The molecule has 0 spiro atoms. The zero-order chi connectivity index (χ0) is 12.7. The Kier molecular flexibility index (Phi) is 2.86. The van der Waals surface area contributed by atoms with Gasteiger partial charge in [-0.1, -0.05) is 11.6 Å². The summed E-state index contributed by atoms with van der Waals surface area (Å²) in [4.78, 5) is 14.2. The van der Waals surface area contributed by atoms with E-state index in [1.165, 1.54) is 18.2 Å². The zero-order valence-electron chi connectivity index (χ0n) is 9.10. The molecule has 0 N–H and O–H groups in total. The third-order valence-electron chi connectivity index (χ3n) is 2.82. The van der Waals surface area contributed by atoms with E-state index in [9.17, 15) is 13.2 Å². The van der Waals surface area contributed by atoms with Crippen molar-refractivity contribution in [2.75, 3.05) is 6.26 Å². The van der Waals surface area contributed by atoms with E-state index in [1.807, 2.05) is 0 Å². The molecule has 1 aliphatic rings. The summed E-state index contributed by atoms with van der Waals surface area (Å²) in [5, 5.41) is 0.329. The second-order valence-electron chi connectivity index (χ2n) is 4.18. The number of rotatable bonds is 3. The number of halogens is 1. The standard InChI is InChI=1S/C11H10ClNO3S/c1-17(15,16)10-5-8(4-9(12)6-10)11(2-3-11)13-7-14/h4-6H,2-3H2,1H3. The molecular formula is C11H10ClNO3S. The monoisotopic (exact) mass is 271 g/mol. The minimum atomic E-state index is -3.32. The van der Waals surface area contributed by atoms with Crippen LogP contribution in [0.3, 0.4) is 0 Å². The maximum Gasteiger partial charge on any atom is 0.235 e. The van der Waals surface area contributed by atoms with Crippen LogP contribution in [0.5, 0.6) is 0 Å². The normalized spacial score (nSPS) is 17.3. The van der Waals surface area contributed by atoms with Crippen LogP contribution in [0.1, 0.15) is 18.4 Å². The van der Waals surface area contributed by atoms with Crippen molar-refractivity contribution >= 4 is 27.5 Å². The predicted molar refractivity (Wildman–Crippen MR) is 63.6 cm³/mol. The SMILES string of the molecule is CS(=O)(=O)c1cc(Cl)cc(C2(N=C=O)CC2)c1. The third-order valence-corrected chi connectivity index (χ3v) is 4.13. The highest BCUT2D eigenvalue weighted by molar-refractivity contribution is 7.90. The molecule has 0 unspecified atom stereocenters. The Hall–Kier alpha value is -1.16. The molecule has 0 heterocycles. The molecule has 1 aliphatic carbocycles. The van der Waals surface area contributed by atoms with Crippen LogP contribution in [0, 0.1) is 0 Å². The molecule has 0 amide bonds. The highest BCUT2D eigenvalue weighted by atomic mass is 35.5. The smallest absolute Gasteiger partial charge is 0.224 e. The molecule has 1 aromatic carbocycles. The van der Waals surface area contributed by atoms with Gasteiger partial charge in [0.1, 0.15) is 0 Å². The van der Waals surface area contributed by atoms with Crippen molar-refractivity contribution in [3.8, 4) is 0 Å². The van der Waals surface area contributed by atoms with Crippen molar-refractivity contribution in [1.82, 2.24) is 0 Å². The highest BCUT2D eigenvalue weighted by Gasteiger charge is 2.45. The number of hydrogen-bond acceptors (Lipinski definition) is 4. The zero-order valence-corrected chi connectivity index (χ0v) is 10.7. The first-order chi connectivity index (χ1) is 7.87. The van der Waals surface area contributed by atoms with E-state index in [0.29, 0.717) is 23.4 Å². The van der Waals surface area contributed by atoms with E-state index in [2.05, 4.69) is 4.99 Å². The molecule has 1 aromatic rings. The number of benzene rings is 1. The lowest BCUT2D eigenvalue weighted by molar-refractivity contribution is 0.556. The number of hydrogen-bond donors (Lipinski definition) is 0. The lowest BCUT2D eigenvalue weighted by Gasteiger charge is -2.10. The quantitative estimate of drug-likeness (QED) is 0.624. The van der Waals surface area contributed by atoms with Gasteiger partial charge in [-0.15, -0.1) is 0 Å². The maximum absolute atomic E-state index is 11.5. The van der Waals surface area contributed by atoms with E-state index in [0.717, 1.165) is 6.26 Å². The second kappa shape index (κ2) is 3.95. The Morgan fingerprint density at radius 3 is 2.47 bits per heavy atom. The lowest BCUT2D eigenvalue weighted by Crippen LogP contribution is -2.05. The van der Waals surface area contributed by atoms with Gasteiger partial charge in [0, 0.05) is 11.3 Å². The van der Waals surface area contributed by atoms with Gasteiger partial charge in [0.25, 0.3) is 0 Å². The van der Waals surface area contributed by atoms with Gasteiger partial charge in [-0.3, -0.25) is 0 Å². The van der Waals surface area contributed by atoms with Crippen molar-refractivity contribution in [3.63, 3.8) is 0 Å². The summed E-state index contributed by atoms with van der Waals surface area (Å²) in [6, 6.07) is 4.56. The predicted octanol–water partition coefficient (Wildman–Crippen LogP) is 2.07. The van der Waals surface area contributed by atoms with Gasteiger partial charge in [0.05, 0.1) is 10.4 Å². The maximum atomic E-state index is 11.5. The summed E-state index contributed by atoms with van der Waals surface area (Å²) in [5.41, 5.74) is 0.0558. The van der Waals surface area contributed by atoms with E-state index in [1.54, 1.807) is 6.07 Å². The van der Waals surface area contributed by atoms with Crippen molar-refractivity contribution in [3.05, 3.63) is 28.8 Å². The van der Waals surface area contributed by atoms with Crippen LogP contribution in [0.2, 0.25) is 5.02 Å². The topological polar surface area (TPSA) is 63.6 Å². The van der Waals surface area contributed by atoms with Crippen molar-refractivity contribution < 1.29 is 13.2 Å². The number of carbonyl (C=O) groups excluding carboxylic acids is 1. The molecule has 1 fully saturated rings. The van der Waals surface area contributed by atoms with E-state index in [4.69, 9.17) is 11.6 Å². The van der Waals surface area contributed by atoms with Gasteiger partial charge >= 0.3 is 0 Å². The van der Waals surface area contributed by atoms with Crippen molar-refractivity contribution in [2.24, 2.45) is 4.99 Å². The Balaban J connectivity index is 2.58. The van der Waals surface area contributed by atoms with Gasteiger partial charge in [0.15, 0.2) is 9.84 Å². The number of aliphatic imine (C=N–C) groups is 1.